The van der Waals surface area contributed by atoms with Crippen LogP contribution in [0.2, 0.25) is 0 Å². The molecule has 2 aromatic carbocycles. The van der Waals surface area contributed by atoms with E-state index in [1.54, 1.807) is 45.0 Å². The zero-order chi connectivity index (χ0) is 30.0. The van der Waals surface area contributed by atoms with Crippen molar-refractivity contribution in [3.63, 3.8) is 0 Å². The van der Waals surface area contributed by atoms with E-state index in [1.807, 2.05) is 39.0 Å². The third-order valence-electron chi connectivity index (χ3n) is 6.10. The van der Waals surface area contributed by atoms with Crippen LogP contribution < -0.4 is 16.4 Å². The molecule has 214 valence electrons. The van der Waals surface area contributed by atoms with Gasteiger partial charge in [-0.1, -0.05) is 43.2 Å². The first-order valence-corrected chi connectivity index (χ1v) is 13.3. The number of hydrogen-bond acceptors (Lipinski definition) is 5. The highest BCUT2D eigenvalue weighted by molar-refractivity contribution is 6.00. The summed E-state index contributed by atoms with van der Waals surface area (Å²) in [7, 11) is 0. The number of anilines is 1. The number of hydrogen-bond donors (Lipinski definition) is 3. The number of benzene rings is 2. The van der Waals surface area contributed by atoms with Gasteiger partial charge in [0.1, 0.15) is 17.7 Å². The van der Waals surface area contributed by atoms with Gasteiger partial charge < -0.3 is 26.0 Å². The average molecular weight is 549 g/mol. The molecule has 0 heterocycles. The summed E-state index contributed by atoms with van der Waals surface area (Å²) in [5.74, 6) is 0.952. The molecular formula is C31H40N4O5. The molecule has 9 heteroatoms. The van der Waals surface area contributed by atoms with Crippen molar-refractivity contribution < 1.29 is 23.9 Å². The normalized spacial score (nSPS) is 12.4. The Balaban J connectivity index is 2.56. The van der Waals surface area contributed by atoms with E-state index in [-0.39, 0.29) is 19.4 Å². The number of nitrogens with one attached hydrogen (secondary N) is 2. The third kappa shape index (κ3) is 9.16. The number of carbonyl (C=O) groups is 4. The van der Waals surface area contributed by atoms with Crippen LogP contribution in [0.4, 0.5) is 10.5 Å². The summed E-state index contributed by atoms with van der Waals surface area (Å²) in [6.07, 6.45) is 5.03. The number of aryl methyl sites for hydroxylation is 2. The number of amides is 4. The highest BCUT2D eigenvalue weighted by Gasteiger charge is 2.36. The van der Waals surface area contributed by atoms with E-state index in [4.69, 9.17) is 16.9 Å². The first-order chi connectivity index (χ1) is 18.8. The Morgan fingerprint density at radius 3 is 2.15 bits per heavy atom. The van der Waals surface area contributed by atoms with E-state index in [9.17, 15) is 19.2 Å². The van der Waals surface area contributed by atoms with Crippen LogP contribution in [-0.4, -0.2) is 46.9 Å². The summed E-state index contributed by atoms with van der Waals surface area (Å²) in [6, 6.07) is 10.3. The molecule has 0 aliphatic carbocycles. The molecule has 0 aliphatic rings. The van der Waals surface area contributed by atoms with Crippen molar-refractivity contribution in [3.8, 4) is 12.3 Å². The van der Waals surface area contributed by atoms with Gasteiger partial charge in [-0.25, -0.2) is 4.79 Å². The molecule has 0 saturated carbocycles. The van der Waals surface area contributed by atoms with Crippen molar-refractivity contribution in [1.82, 2.24) is 10.2 Å². The Kier molecular flexibility index (Phi) is 11.3. The molecule has 2 aromatic rings. The number of terminal acetylenes is 1. The fourth-order valence-electron chi connectivity index (χ4n) is 4.24. The highest BCUT2D eigenvalue weighted by atomic mass is 16.6. The lowest BCUT2D eigenvalue weighted by atomic mass is 9.99. The molecule has 2 unspecified atom stereocenters. The van der Waals surface area contributed by atoms with E-state index in [2.05, 4.69) is 16.6 Å². The van der Waals surface area contributed by atoms with Gasteiger partial charge in [-0.15, -0.1) is 6.42 Å². The first-order valence-electron chi connectivity index (χ1n) is 13.3. The zero-order valence-corrected chi connectivity index (χ0v) is 24.2. The van der Waals surface area contributed by atoms with E-state index in [1.165, 1.54) is 4.90 Å². The Labute approximate surface area is 236 Å². The summed E-state index contributed by atoms with van der Waals surface area (Å²) in [5.41, 5.74) is 8.10. The molecule has 0 bridgehead atoms. The number of para-hydroxylation sites is 1. The second-order valence-corrected chi connectivity index (χ2v) is 10.7. The fourth-order valence-corrected chi connectivity index (χ4v) is 4.24. The maximum atomic E-state index is 14.1. The smallest absolute Gasteiger partial charge is 0.408 e. The SMILES string of the molecule is C#Cc1ccc(C(C(=O)Nc2c(C)cccc2C)N(CCC)C(=O)C(CCC(N)=O)NC(=O)OC(C)(C)C)cc1. The highest BCUT2D eigenvalue weighted by Crippen LogP contribution is 2.28. The van der Waals surface area contributed by atoms with Gasteiger partial charge in [-0.3, -0.25) is 14.4 Å². The van der Waals surface area contributed by atoms with Crippen molar-refractivity contribution in [2.24, 2.45) is 5.73 Å². The quantitative estimate of drug-likeness (QED) is 0.359. The third-order valence-corrected chi connectivity index (χ3v) is 6.10. The summed E-state index contributed by atoms with van der Waals surface area (Å²) in [4.78, 5) is 53.7. The topological polar surface area (TPSA) is 131 Å². The van der Waals surface area contributed by atoms with Crippen LogP contribution in [0.25, 0.3) is 0 Å². The second kappa shape index (κ2) is 14.2. The van der Waals surface area contributed by atoms with Crippen LogP contribution in [0, 0.1) is 26.2 Å². The van der Waals surface area contributed by atoms with Gasteiger partial charge in [-0.2, -0.15) is 0 Å². The number of carbonyl (C=O) groups excluding carboxylic acids is 4. The summed E-state index contributed by atoms with van der Waals surface area (Å²) in [5, 5.41) is 5.58. The van der Waals surface area contributed by atoms with Crippen molar-refractivity contribution in [1.29, 1.82) is 0 Å². The van der Waals surface area contributed by atoms with E-state index in [0.29, 0.717) is 23.2 Å². The van der Waals surface area contributed by atoms with Crippen molar-refractivity contribution >= 4 is 29.5 Å². The standard InChI is InChI=1S/C31H40N4O5/c1-8-19-35(29(38)24(17-18-25(32)36)33-30(39)40-31(5,6)7)27(23-15-13-22(9-2)14-16-23)28(37)34-26-20(3)11-10-12-21(26)4/h2,10-16,24,27H,8,17-19H2,1,3-7H3,(H2,32,36)(H,33,39)(H,34,37). The maximum absolute atomic E-state index is 14.1. The lowest BCUT2D eigenvalue weighted by molar-refractivity contribution is -0.141. The first kappa shape index (κ1) is 31.9. The predicted octanol–water partition coefficient (Wildman–Crippen LogP) is 4.36. The van der Waals surface area contributed by atoms with Gasteiger partial charge >= 0.3 is 6.09 Å². The Hall–Kier alpha value is -4.32. The molecule has 2 rings (SSSR count). The van der Waals surface area contributed by atoms with Crippen LogP contribution in [0.3, 0.4) is 0 Å². The van der Waals surface area contributed by atoms with Crippen molar-refractivity contribution in [2.75, 3.05) is 11.9 Å². The molecule has 0 aromatic heterocycles. The number of ether oxygens (including phenoxy) is 1. The minimum absolute atomic E-state index is 0.0606. The van der Waals surface area contributed by atoms with Crippen molar-refractivity contribution in [2.45, 2.75) is 78.5 Å². The fraction of sp³-hybridized carbons (Fsp3) is 0.419. The molecule has 0 spiro atoms. The lowest BCUT2D eigenvalue weighted by Gasteiger charge is -2.34. The predicted molar refractivity (Wildman–Crippen MR) is 155 cm³/mol. The number of alkyl carbamates (subject to hydrolysis) is 1. The molecule has 2 atom stereocenters. The van der Waals surface area contributed by atoms with Crippen LogP contribution in [0.15, 0.2) is 42.5 Å². The number of rotatable bonds is 11. The molecule has 0 fully saturated rings. The maximum Gasteiger partial charge on any atom is 0.408 e. The molecule has 9 nitrogen and oxygen atoms in total. The van der Waals surface area contributed by atoms with Gasteiger partial charge in [0.25, 0.3) is 5.91 Å². The Morgan fingerprint density at radius 1 is 1.05 bits per heavy atom. The summed E-state index contributed by atoms with van der Waals surface area (Å²) < 4.78 is 5.35. The molecule has 0 radical (unpaired) electrons. The molecule has 4 N–H and O–H groups in total. The van der Waals surface area contributed by atoms with Crippen LogP contribution in [-0.2, 0) is 19.1 Å². The lowest BCUT2D eigenvalue weighted by Crippen LogP contribution is -2.52. The Morgan fingerprint density at radius 2 is 1.65 bits per heavy atom. The summed E-state index contributed by atoms with van der Waals surface area (Å²) >= 11 is 0. The molecule has 0 saturated heterocycles. The number of nitrogens with zero attached hydrogens (tertiary/aromatic N) is 1. The van der Waals surface area contributed by atoms with Gasteiger partial charge in [0.2, 0.25) is 11.8 Å². The molecule has 4 amide bonds. The molecule has 40 heavy (non-hydrogen) atoms. The van der Waals surface area contributed by atoms with E-state index in [0.717, 1.165) is 11.1 Å². The van der Waals surface area contributed by atoms with E-state index < -0.39 is 41.5 Å². The minimum atomic E-state index is -1.16. The van der Waals surface area contributed by atoms with E-state index >= 15 is 0 Å². The van der Waals surface area contributed by atoms with Crippen LogP contribution >= 0.6 is 0 Å². The minimum Gasteiger partial charge on any atom is -0.444 e. The van der Waals surface area contributed by atoms with Crippen LogP contribution in [0.1, 0.15) is 75.3 Å². The Bertz CT molecular complexity index is 1240. The number of primary amides is 1. The van der Waals surface area contributed by atoms with Gasteiger partial charge in [0, 0.05) is 24.2 Å². The van der Waals surface area contributed by atoms with Gasteiger partial charge in [0.15, 0.2) is 0 Å². The number of nitrogens with two attached hydrogens (primary N) is 1. The molecular weight excluding hydrogens is 508 g/mol. The largest absolute Gasteiger partial charge is 0.444 e. The van der Waals surface area contributed by atoms with Gasteiger partial charge in [0.05, 0.1) is 0 Å². The van der Waals surface area contributed by atoms with Gasteiger partial charge in [-0.05, 0) is 76.3 Å². The van der Waals surface area contributed by atoms with Crippen LogP contribution in [0.5, 0.6) is 0 Å². The zero-order valence-electron chi connectivity index (χ0n) is 24.2. The second-order valence-electron chi connectivity index (χ2n) is 10.7. The average Bonchev–Trinajstić information content (AvgIpc) is 2.87. The summed E-state index contributed by atoms with van der Waals surface area (Å²) in [6.45, 7) is 10.9. The monoisotopic (exact) mass is 548 g/mol. The molecule has 0 aliphatic heterocycles. The van der Waals surface area contributed by atoms with Crippen molar-refractivity contribution in [3.05, 3.63) is 64.7 Å².